The second-order valence-electron chi connectivity index (χ2n) is 5.09. The van der Waals surface area contributed by atoms with Gasteiger partial charge in [-0.05, 0) is 31.0 Å². The number of aromatic nitrogens is 3. The van der Waals surface area contributed by atoms with Crippen LogP contribution in [0.5, 0.6) is 0 Å². The maximum atomic E-state index is 13.1. The van der Waals surface area contributed by atoms with Crippen molar-refractivity contribution in [2.75, 3.05) is 5.73 Å². The predicted molar refractivity (Wildman–Crippen MR) is 72.0 cm³/mol. The molecule has 1 fully saturated rings. The first-order valence-electron chi connectivity index (χ1n) is 6.70. The standard InChI is InChI=1S/C14H17FN4/c15-10-6-7-12(13(16)8-10)14-18-17-9-19(14)11-4-2-1-3-5-11/h6-9,11H,1-5,16H2. The minimum absolute atomic E-state index is 0.329. The molecule has 0 aliphatic heterocycles. The van der Waals surface area contributed by atoms with E-state index in [0.717, 1.165) is 24.2 Å². The highest BCUT2D eigenvalue weighted by Crippen LogP contribution is 2.33. The van der Waals surface area contributed by atoms with E-state index in [1.807, 2.05) is 0 Å². The maximum absolute atomic E-state index is 13.1. The number of rotatable bonds is 2. The summed E-state index contributed by atoms with van der Waals surface area (Å²) < 4.78 is 15.2. The van der Waals surface area contributed by atoms with Crippen LogP contribution in [0.4, 0.5) is 10.1 Å². The molecule has 100 valence electrons. The van der Waals surface area contributed by atoms with E-state index in [4.69, 9.17) is 5.73 Å². The van der Waals surface area contributed by atoms with Gasteiger partial charge < -0.3 is 10.3 Å². The highest BCUT2D eigenvalue weighted by Gasteiger charge is 2.20. The Labute approximate surface area is 111 Å². The van der Waals surface area contributed by atoms with Crippen LogP contribution in [0.1, 0.15) is 38.1 Å². The summed E-state index contributed by atoms with van der Waals surface area (Å²) in [4.78, 5) is 0. The normalized spacial score (nSPS) is 16.7. The van der Waals surface area contributed by atoms with Gasteiger partial charge in [-0.15, -0.1) is 10.2 Å². The molecule has 1 aromatic heterocycles. The number of hydrogen-bond donors (Lipinski definition) is 1. The summed E-state index contributed by atoms with van der Waals surface area (Å²) in [6, 6.07) is 4.85. The van der Waals surface area contributed by atoms with Crippen LogP contribution in [0.25, 0.3) is 11.4 Å². The molecule has 0 unspecified atom stereocenters. The molecule has 0 amide bonds. The van der Waals surface area contributed by atoms with Crippen molar-refractivity contribution in [3.05, 3.63) is 30.3 Å². The fourth-order valence-corrected chi connectivity index (χ4v) is 2.80. The van der Waals surface area contributed by atoms with Gasteiger partial charge in [-0.1, -0.05) is 19.3 Å². The number of anilines is 1. The zero-order valence-corrected chi connectivity index (χ0v) is 10.7. The van der Waals surface area contributed by atoms with E-state index in [1.54, 1.807) is 12.4 Å². The molecule has 1 aromatic carbocycles. The summed E-state index contributed by atoms with van der Waals surface area (Å²) in [5, 5.41) is 8.16. The van der Waals surface area contributed by atoms with Gasteiger partial charge in [-0.3, -0.25) is 0 Å². The molecule has 2 N–H and O–H groups in total. The molecule has 1 heterocycles. The second-order valence-corrected chi connectivity index (χ2v) is 5.09. The molecule has 19 heavy (non-hydrogen) atoms. The minimum Gasteiger partial charge on any atom is -0.398 e. The Bertz CT molecular complexity index is 573. The SMILES string of the molecule is Nc1cc(F)ccc1-c1nncn1C1CCCCC1. The van der Waals surface area contributed by atoms with Crippen molar-refractivity contribution in [1.82, 2.24) is 14.8 Å². The summed E-state index contributed by atoms with van der Waals surface area (Å²) in [5.41, 5.74) is 7.05. The van der Waals surface area contributed by atoms with Gasteiger partial charge in [-0.2, -0.15) is 0 Å². The summed E-state index contributed by atoms with van der Waals surface area (Å²) >= 11 is 0. The third kappa shape index (κ3) is 2.32. The maximum Gasteiger partial charge on any atom is 0.166 e. The van der Waals surface area contributed by atoms with Gasteiger partial charge in [0.25, 0.3) is 0 Å². The van der Waals surface area contributed by atoms with Gasteiger partial charge in [0.1, 0.15) is 12.1 Å². The molecule has 4 nitrogen and oxygen atoms in total. The fourth-order valence-electron chi connectivity index (χ4n) is 2.80. The summed E-state index contributed by atoms with van der Waals surface area (Å²) in [7, 11) is 0. The quantitative estimate of drug-likeness (QED) is 0.844. The van der Waals surface area contributed by atoms with Crippen LogP contribution >= 0.6 is 0 Å². The van der Waals surface area contributed by atoms with Gasteiger partial charge in [-0.25, -0.2) is 4.39 Å². The van der Waals surface area contributed by atoms with Crippen molar-refractivity contribution in [2.45, 2.75) is 38.1 Å². The summed E-state index contributed by atoms with van der Waals surface area (Å²) in [5.74, 6) is 0.411. The zero-order valence-electron chi connectivity index (χ0n) is 10.7. The van der Waals surface area contributed by atoms with Crippen molar-refractivity contribution in [1.29, 1.82) is 0 Å². The van der Waals surface area contributed by atoms with E-state index in [0.29, 0.717) is 11.7 Å². The van der Waals surface area contributed by atoms with Crippen LogP contribution in [0.15, 0.2) is 24.5 Å². The number of nitrogens with zero attached hydrogens (tertiary/aromatic N) is 3. The first-order chi connectivity index (χ1) is 9.25. The fraction of sp³-hybridized carbons (Fsp3) is 0.429. The summed E-state index contributed by atoms with van der Waals surface area (Å²) in [6.07, 6.45) is 7.82. The Morgan fingerprint density at radius 3 is 2.74 bits per heavy atom. The van der Waals surface area contributed by atoms with Crippen LogP contribution < -0.4 is 5.73 Å². The minimum atomic E-state index is -0.329. The lowest BCUT2D eigenvalue weighted by Crippen LogP contribution is -2.13. The highest BCUT2D eigenvalue weighted by molar-refractivity contribution is 5.71. The van der Waals surface area contributed by atoms with Crippen LogP contribution in [0.2, 0.25) is 0 Å². The summed E-state index contributed by atoms with van der Waals surface area (Å²) in [6.45, 7) is 0. The van der Waals surface area contributed by atoms with E-state index in [2.05, 4.69) is 14.8 Å². The molecule has 0 saturated heterocycles. The van der Waals surface area contributed by atoms with Gasteiger partial charge in [0, 0.05) is 17.3 Å². The largest absolute Gasteiger partial charge is 0.398 e. The van der Waals surface area contributed by atoms with Crippen LogP contribution in [0.3, 0.4) is 0 Å². The second kappa shape index (κ2) is 4.99. The van der Waals surface area contributed by atoms with E-state index in [-0.39, 0.29) is 5.82 Å². The van der Waals surface area contributed by atoms with Crippen molar-refractivity contribution < 1.29 is 4.39 Å². The van der Waals surface area contributed by atoms with E-state index < -0.39 is 0 Å². The number of benzene rings is 1. The highest BCUT2D eigenvalue weighted by atomic mass is 19.1. The monoisotopic (exact) mass is 260 g/mol. The molecular weight excluding hydrogens is 243 g/mol. The van der Waals surface area contributed by atoms with E-state index in [1.165, 1.54) is 31.4 Å². The van der Waals surface area contributed by atoms with Gasteiger partial charge in [0.15, 0.2) is 5.82 Å². The van der Waals surface area contributed by atoms with Gasteiger partial charge in [0.05, 0.1) is 0 Å². The molecular formula is C14H17FN4. The Morgan fingerprint density at radius 2 is 2.00 bits per heavy atom. The number of nitrogen functional groups attached to an aromatic ring is 1. The van der Waals surface area contributed by atoms with Gasteiger partial charge in [0.2, 0.25) is 0 Å². The van der Waals surface area contributed by atoms with Crippen molar-refractivity contribution in [2.24, 2.45) is 0 Å². The molecule has 0 bridgehead atoms. The Balaban J connectivity index is 1.99. The average molecular weight is 260 g/mol. The van der Waals surface area contributed by atoms with Crippen molar-refractivity contribution in [3.63, 3.8) is 0 Å². The molecule has 0 radical (unpaired) electrons. The molecule has 1 aliphatic rings. The molecule has 0 atom stereocenters. The Hall–Kier alpha value is -1.91. The first kappa shape index (κ1) is 12.1. The predicted octanol–water partition coefficient (Wildman–Crippen LogP) is 3.17. The van der Waals surface area contributed by atoms with Crippen LogP contribution in [-0.4, -0.2) is 14.8 Å². The lowest BCUT2D eigenvalue weighted by atomic mass is 9.95. The van der Waals surface area contributed by atoms with E-state index in [9.17, 15) is 4.39 Å². The first-order valence-corrected chi connectivity index (χ1v) is 6.70. The smallest absolute Gasteiger partial charge is 0.166 e. The van der Waals surface area contributed by atoms with Gasteiger partial charge >= 0.3 is 0 Å². The lowest BCUT2D eigenvalue weighted by molar-refractivity contribution is 0.355. The topological polar surface area (TPSA) is 56.7 Å². The molecule has 2 aromatic rings. The Kier molecular flexibility index (Phi) is 3.19. The third-order valence-corrected chi connectivity index (χ3v) is 3.80. The van der Waals surface area contributed by atoms with E-state index >= 15 is 0 Å². The molecule has 5 heteroatoms. The lowest BCUT2D eigenvalue weighted by Gasteiger charge is -2.24. The molecule has 1 saturated carbocycles. The molecule has 3 rings (SSSR count). The average Bonchev–Trinajstić information content (AvgIpc) is 2.89. The Morgan fingerprint density at radius 1 is 1.21 bits per heavy atom. The number of nitrogens with two attached hydrogens (primary N) is 1. The number of hydrogen-bond acceptors (Lipinski definition) is 3. The van der Waals surface area contributed by atoms with Crippen molar-refractivity contribution in [3.8, 4) is 11.4 Å². The third-order valence-electron chi connectivity index (χ3n) is 3.80. The van der Waals surface area contributed by atoms with Crippen LogP contribution in [0, 0.1) is 5.82 Å². The number of halogens is 1. The van der Waals surface area contributed by atoms with Crippen molar-refractivity contribution >= 4 is 5.69 Å². The molecule has 1 aliphatic carbocycles. The zero-order chi connectivity index (χ0) is 13.2. The molecule has 0 spiro atoms. The van der Waals surface area contributed by atoms with Crippen LogP contribution in [-0.2, 0) is 0 Å².